The van der Waals surface area contributed by atoms with E-state index in [1.165, 1.54) is 180 Å². The van der Waals surface area contributed by atoms with E-state index in [2.05, 4.69) is 27.7 Å². The van der Waals surface area contributed by atoms with E-state index >= 15 is 0 Å². The van der Waals surface area contributed by atoms with E-state index < -0.39 is 0 Å². The van der Waals surface area contributed by atoms with Gasteiger partial charge in [0.05, 0.1) is 0 Å². The second-order valence-electron chi connectivity index (χ2n) is 10.5. The summed E-state index contributed by atoms with van der Waals surface area (Å²) in [6, 6.07) is 0. The molecule has 0 nitrogen and oxygen atoms in total. The molecule has 0 aromatic carbocycles. The zero-order valence-electron chi connectivity index (χ0n) is 25.8. The van der Waals surface area contributed by atoms with Crippen LogP contribution in [-0.4, -0.2) is 17.4 Å². The first kappa shape index (κ1) is 43.2. The van der Waals surface area contributed by atoms with Gasteiger partial charge in [0.15, 0.2) is 17.4 Å². The monoisotopic (exact) mass is 527 g/mol. The van der Waals surface area contributed by atoms with Crippen LogP contribution in [0.5, 0.6) is 0 Å². The van der Waals surface area contributed by atoms with Crippen molar-refractivity contribution in [2.45, 2.75) is 207 Å². The molecule has 0 amide bonds. The third-order valence-electron chi connectivity index (χ3n) is 6.91. The van der Waals surface area contributed by atoms with Crippen LogP contribution in [0.2, 0.25) is 0 Å². The minimum atomic E-state index is 0. The van der Waals surface area contributed by atoms with E-state index in [1.807, 2.05) is 0 Å². The summed E-state index contributed by atoms with van der Waals surface area (Å²) in [5.74, 6) is 0. The summed E-state index contributed by atoms with van der Waals surface area (Å²) in [5.41, 5.74) is 0. The van der Waals surface area contributed by atoms with Crippen molar-refractivity contribution in [1.29, 1.82) is 0 Å². The molecule has 208 valence electrons. The summed E-state index contributed by atoms with van der Waals surface area (Å²) in [4.78, 5) is 0. The Kier molecular flexibility index (Phi) is 57.4. The van der Waals surface area contributed by atoms with Crippen molar-refractivity contribution in [3.8, 4) is 0 Å². The molecule has 0 aromatic rings. The minimum absolute atomic E-state index is 0. The molecule has 0 saturated heterocycles. The fourth-order valence-electron chi connectivity index (χ4n) is 4.54. The Morgan fingerprint density at radius 2 is 0.353 bits per heavy atom. The zero-order valence-corrected chi connectivity index (χ0v) is 27.9. The van der Waals surface area contributed by atoms with Crippen LogP contribution in [0, 0.1) is 0 Å². The van der Waals surface area contributed by atoms with Gasteiger partial charge in [-0.15, -0.1) is 0 Å². The molecule has 0 aliphatic heterocycles. The van der Waals surface area contributed by atoms with Gasteiger partial charge in [-0.2, -0.15) is 0 Å². The molecule has 0 aliphatic carbocycles. The zero-order chi connectivity index (χ0) is 23.8. The molecule has 0 saturated carbocycles. The van der Waals surface area contributed by atoms with E-state index in [0.717, 1.165) is 0 Å². The molecule has 0 N–H and O–H groups in total. The van der Waals surface area contributed by atoms with Crippen LogP contribution in [0.25, 0.3) is 0 Å². The number of unbranched alkanes of at least 4 members (excludes halogenated alkanes) is 26. The Morgan fingerprint density at radius 1 is 0.265 bits per heavy atom. The second kappa shape index (κ2) is 45.1. The third-order valence-corrected chi connectivity index (χ3v) is 6.91. The van der Waals surface area contributed by atoms with Crippen LogP contribution in [0.1, 0.15) is 212 Å². The number of rotatable bonds is 26. The molecule has 34 heavy (non-hydrogen) atoms. The fourth-order valence-corrected chi connectivity index (χ4v) is 4.54. The molecule has 0 heterocycles. The predicted molar refractivity (Wildman–Crippen MR) is 167 cm³/mol. The third kappa shape index (κ3) is 47.4. The van der Waals surface area contributed by atoms with Gasteiger partial charge in [-0.1, -0.05) is 207 Å². The molecular formula is C32H76AlK. The first-order valence-electron chi connectivity index (χ1n) is 15.8. The second-order valence-corrected chi connectivity index (χ2v) is 10.5. The first-order valence-corrected chi connectivity index (χ1v) is 15.8. The summed E-state index contributed by atoms with van der Waals surface area (Å²) in [6.07, 6.45) is 40.8. The van der Waals surface area contributed by atoms with E-state index in [0.29, 0.717) is 0 Å². The van der Waals surface area contributed by atoms with Gasteiger partial charge < -0.3 is 1.43 Å². The molecule has 0 spiro atoms. The van der Waals surface area contributed by atoms with Crippen LogP contribution in [0.15, 0.2) is 0 Å². The smallest absolute Gasteiger partial charge is 1.00 e. The van der Waals surface area contributed by atoms with Crippen molar-refractivity contribution in [3.63, 3.8) is 0 Å². The molecule has 0 fully saturated rings. The van der Waals surface area contributed by atoms with Crippen LogP contribution in [0.3, 0.4) is 0 Å². The molecule has 0 unspecified atom stereocenters. The maximum absolute atomic E-state index is 2.29. The molecule has 2 heteroatoms. The minimum Gasteiger partial charge on any atom is -1.00 e. The Morgan fingerprint density at radius 3 is 0.441 bits per heavy atom. The van der Waals surface area contributed by atoms with Crippen molar-refractivity contribution in [1.82, 2.24) is 0 Å². The Hall–Kier alpha value is 2.17. The maximum Gasteiger partial charge on any atom is 1.00 e. The van der Waals surface area contributed by atoms with Gasteiger partial charge in [-0.05, 0) is 0 Å². The van der Waals surface area contributed by atoms with Crippen molar-refractivity contribution >= 4 is 17.4 Å². The van der Waals surface area contributed by atoms with Crippen molar-refractivity contribution in [2.75, 3.05) is 0 Å². The van der Waals surface area contributed by atoms with E-state index in [4.69, 9.17) is 0 Å². The van der Waals surface area contributed by atoms with Crippen molar-refractivity contribution in [2.24, 2.45) is 0 Å². The van der Waals surface area contributed by atoms with Gasteiger partial charge in [0.1, 0.15) is 0 Å². The van der Waals surface area contributed by atoms with Gasteiger partial charge in [0.2, 0.25) is 0 Å². The van der Waals surface area contributed by atoms with Crippen LogP contribution in [-0.2, 0) is 0 Å². The molecule has 0 radical (unpaired) electrons. The van der Waals surface area contributed by atoms with Gasteiger partial charge in [-0.3, -0.25) is 0 Å². The summed E-state index contributed by atoms with van der Waals surface area (Å²) in [6.45, 7) is 9.16. The number of hydrogen-bond donors (Lipinski definition) is 0. The molecule has 0 atom stereocenters. The van der Waals surface area contributed by atoms with Crippen molar-refractivity contribution < 1.29 is 55.7 Å². The average molecular weight is 527 g/mol. The number of hydrogen-bond acceptors (Lipinski definition) is 0. The van der Waals surface area contributed by atoms with Crippen LogP contribution in [0.4, 0.5) is 0 Å². The van der Waals surface area contributed by atoms with Crippen molar-refractivity contribution in [3.05, 3.63) is 0 Å². The molecular weight excluding hydrogens is 450 g/mol. The summed E-state index contributed by atoms with van der Waals surface area (Å²) >= 11 is 0. The standard InChI is InChI=1S/2C16H34.Al.K.2H2.4H/c2*1-3-5-7-9-11-13-15-16-14-12-10-8-6-4-2;;;;;;;;/h2*3-16H2,1-2H3;;;2*1H;;;;/q;;;+1;;;;;;-1. The van der Waals surface area contributed by atoms with Gasteiger partial charge >= 0.3 is 51.4 Å². The average Bonchev–Trinajstić information content (AvgIpc) is 2.81. The largest absolute Gasteiger partial charge is 1.00 e. The SMILES string of the molecule is CCCCCCCCCCCCCCCC.CCCCCCCCCCCCCCCC.[AlH3].[H-].[HH].[HH].[K+]. The molecule has 0 aromatic heterocycles. The normalized spacial score (nSPS) is 10.2. The summed E-state index contributed by atoms with van der Waals surface area (Å²) in [7, 11) is 0. The van der Waals surface area contributed by atoms with Crippen LogP contribution >= 0.6 is 0 Å². The van der Waals surface area contributed by atoms with E-state index in [-0.39, 0.29) is 73.0 Å². The summed E-state index contributed by atoms with van der Waals surface area (Å²) < 4.78 is 0. The van der Waals surface area contributed by atoms with Gasteiger partial charge in [0, 0.05) is 2.85 Å². The topological polar surface area (TPSA) is 0 Å². The van der Waals surface area contributed by atoms with E-state index in [9.17, 15) is 0 Å². The van der Waals surface area contributed by atoms with E-state index in [1.54, 1.807) is 0 Å². The predicted octanol–water partition coefficient (Wildman–Crippen LogP) is 9.40. The Labute approximate surface area is 277 Å². The molecule has 0 rings (SSSR count). The van der Waals surface area contributed by atoms with Crippen LogP contribution < -0.4 is 51.4 Å². The quantitative estimate of drug-likeness (QED) is 0.0777. The maximum atomic E-state index is 2.29. The fraction of sp³-hybridized carbons (Fsp3) is 1.00. The first-order chi connectivity index (χ1) is 15.8. The Balaban J connectivity index is -0.0000000857. The summed E-state index contributed by atoms with van der Waals surface area (Å²) in [5, 5.41) is 0. The Bertz CT molecular complexity index is 241. The van der Waals surface area contributed by atoms with Gasteiger partial charge in [-0.25, -0.2) is 0 Å². The molecule has 0 bridgehead atoms. The van der Waals surface area contributed by atoms with Gasteiger partial charge in [0.25, 0.3) is 0 Å². The molecule has 0 aliphatic rings.